The first-order valence-electron chi connectivity index (χ1n) is 6.85. The predicted molar refractivity (Wildman–Crippen MR) is 73.9 cm³/mol. The zero-order chi connectivity index (χ0) is 12.7. The van der Waals surface area contributed by atoms with Crippen molar-refractivity contribution in [3.05, 3.63) is 0 Å². The van der Waals surface area contributed by atoms with E-state index >= 15 is 0 Å². The van der Waals surface area contributed by atoms with E-state index in [1.807, 2.05) is 0 Å². The van der Waals surface area contributed by atoms with Crippen molar-refractivity contribution in [2.45, 2.75) is 72.5 Å². The van der Waals surface area contributed by atoms with Crippen molar-refractivity contribution in [2.24, 2.45) is 5.92 Å². The molecule has 2 nitrogen and oxygen atoms in total. The van der Waals surface area contributed by atoms with Gasteiger partial charge in [0, 0.05) is 24.7 Å². The van der Waals surface area contributed by atoms with E-state index in [2.05, 4.69) is 58.8 Å². The summed E-state index contributed by atoms with van der Waals surface area (Å²) in [5, 5.41) is 3.62. The molecule has 0 radical (unpaired) electrons. The van der Waals surface area contributed by atoms with Crippen LogP contribution in [-0.4, -0.2) is 36.6 Å². The maximum atomic E-state index is 3.62. The van der Waals surface area contributed by atoms with Gasteiger partial charge < -0.3 is 5.32 Å². The number of likely N-dealkylation sites (N-methyl/N-ethyl adjacent to an activating group) is 1. The van der Waals surface area contributed by atoms with Crippen LogP contribution in [0.5, 0.6) is 0 Å². The summed E-state index contributed by atoms with van der Waals surface area (Å²) in [6.45, 7) is 14.8. The third-order valence-corrected chi connectivity index (χ3v) is 3.79. The Kier molecular flexibility index (Phi) is 8.04. The second-order valence-electron chi connectivity index (χ2n) is 5.60. The van der Waals surface area contributed by atoms with E-state index in [0.29, 0.717) is 18.1 Å². The van der Waals surface area contributed by atoms with Gasteiger partial charge in [0.15, 0.2) is 0 Å². The molecule has 0 saturated heterocycles. The van der Waals surface area contributed by atoms with Crippen molar-refractivity contribution < 1.29 is 0 Å². The highest BCUT2D eigenvalue weighted by Crippen LogP contribution is 2.11. The van der Waals surface area contributed by atoms with Crippen LogP contribution in [0.25, 0.3) is 0 Å². The van der Waals surface area contributed by atoms with Crippen molar-refractivity contribution in [3.8, 4) is 0 Å². The lowest BCUT2D eigenvalue weighted by Gasteiger charge is -2.34. The SMILES string of the molecule is CCCC(C)NCC(C)N(C)C(C)C(C)C. The maximum absolute atomic E-state index is 3.62. The summed E-state index contributed by atoms with van der Waals surface area (Å²) in [5.41, 5.74) is 0. The average molecular weight is 228 g/mol. The fourth-order valence-electron chi connectivity index (χ4n) is 1.92. The van der Waals surface area contributed by atoms with Crippen molar-refractivity contribution in [2.75, 3.05) is 13.6 Å². The van der Waals surface area contributed by atoms with Gasteiger partial charge in [-0.2, -0.15) is 0 Å². The lowest BCUT2D eigenvalue weighted by Crippen LogP contribution is -2.46. The Morgan fingerprint density at radius 1 is 1.06 bits per heavy atom. The Hall–Kier alpha value is -0.0800. The topological polar surface area (TPSA) is 15.3 Å². The van der Waals surface area contributed by atoms with Crippen LogP contribution >= 0.6 is 0 Å². The van der Waals surface area contributed by atoms with Crippen LogP contribution in [0.15, 0.2) is 0 Å². The van der Waals surface area contributed by atoms with Gasteiger partial charge in [-0.25, -0.2) is 0 Å². The summed E-state index contributed by atoms with van der Waals surface area (Å²) < 4.78 is 0. The molecule has 0 spiro atoms. The van der Waals surface area contributed by atoms with Crippen molar-refractivity contribution in [3.63, 3.8) is 0 Å². The van der Waals surface area contributed by atoms with E-state index in [1.165, 1.54) is 12.8 Å². The summed E-state index contributed by atoms with van der Waals surface area (Å²) in [7, 11) is 2.24. The van der Waals surface area contributed by atoms with Gasteiger partial charge in [0.1, 0.15) is 0 Å². The lowest BCUT2D eigenvalue weighted by atomic mass is 10.0. The van der Waals surface area contributed by atoms with Gasteiger partial charge in [-0.15, -0.1) is 0 Å². The number of nitrogens with zero attached hydrogens (tertiary/aromatic N) is 1. The molecular weight excluding hydrogens is 196 g/mol. The first kappa shape index (κ1) is 15.9. The van der Waals surface area contributed by atoms with Crippen LogP contribution in [0.3, 0.4) is 0 Å². The first-order chi connectivity index (χ1) is 7.40. The first-order valence-corrected chi connectivity index (χ1v) is 6.85. The minimum atomic E-state index is 0.608. The fraction of sp³-hybridized carbons (Fsp3) is 1.00. The molecule has 98 valence electrons. The maximum Gasteiger partial charge on any atom is 0.0192 e. The molecule has 3 unspecified atom stereocenters. The van der Waals surface area contributed by atoms with Gasteiger partial charge in [-0.05, 0) is 40.2 Å². The van der Waals surface area contributed by atoms with E-state index in [-0.39, 0.29) is 0 Å². The highest BCUT2D eigenvalue weighted by Gasteiger charge is 2.18. The minimum Gasteiger partial charge on any atom is -0.313 e. The second-order valence-corrected chi connectivity index (χ2v) is 5.60. The number of hydrogen-bond acceptors (Lipinski definition) is 2. The zero-order valence-corrected chi connectivity index (χ0v) is 12.4. The number of nitrogens with one attached hydrogen (secondary N) is 1. The van der Waals surface area contributed by atoms with Gasteiger partial charge in [0.25, 0.3) is 0 Å². The zero-order valence-electron chi connectivity index (χ0n) is 12.4. The Morgan fingerprint density at radius 2 is 1.62 bits per heavy atom. The van der Waals surface area contributed by atoms with Crippen LogP contribution in [0.4, 0.5) is 0 Å². The molecule has 0 saturated carbocycles. The molecular formula is C14H32N2. The molecule has 1 N–H and O–H groups in total. The van der Waals surface area contributed by atoms with E-state index in [4.69, 9.17) is 0 Å². The minimum absolute atomic E-state index is 0.608. The molecule has 0 aromatic carbocycles. The average Bonchev–Trinajstić information content (AvgIpc) is 2.24. The van der Waals surface area contributed by atoms with Gasteiger partial charge in [0.05, 0.1) is 0 Å². The van der Waals surface area contributed by atoms with Crippen LogP contribution in [0, 0.1) is 5.92 Å². The van der Waals surface area contributed by atoms with Crippen LogP contribution in [0.1, 0.15) is 54.4 Å². The van der Waals surface area contributed by atoms with Crippen molar-refractivity contribution >= 4 is 0 Å². The third kappa shape index (κ3) is 5.86. The molecule has 0 aromatic rings. The standard InChI is InChI=1S/C14H32N2/c1-8-9-12(4)15-10-13(5)16(7)14(6)11(2)3/h11-15H,8-10H2,1-7H3. The summed E-state index contributed by atoms with van der Waals surface area (Å²) in [5.74, 6) is 0.723. The number of rotatable bonds is 8. The van der Waals surface area contributed by atoms with Gasteiger partial charge >= 0.3 is 0 Å². The fourth-order valence-corrected chi connectivity index (χ4v) is 1.92. The molecule has 0 bridgehead atoms. The molecule has 0 rings (SSSR count). The molecule has 0 aliphatic rings. The lowest BCUT2D eigenvalue weighted by molar-refractivity contribution is 0.153. The highest BCUT2D eigenvalue weighted by atomic mass is 15.2. The normalized spacial score (nSPS) is 17.8. The molecule has 0 aliphatic carbocycles. The Bertz CT molecular complexity index is 168. The highest BCUT2D eigenvalue weighted by molar-refractivity contribution is 4.75. The summed E-state index contributed by atoms with van der Waals surface area (Å²) in [6.07, 6.45) is 2.54. The summed E-state index contributed by atoms with van der Waals surface area (Å²) in [6, 6.07) is 1.91. The van der Waals surface area contributed by atoms with Crippen LogP contribution < -0.4 is 5.32 Å². The molecule has 0 fully saturated rings. The molecule has 16 heavy (non-hydrogen) atoms. The summed E-state index contributed by atoms with van der Waals surface area (Å²) in [4.78, 5) is 2.48. The quantitative estimate of drug-likeness (QED) is 0.686. The largest absolute Gasteiger partial charge is 0.313 e. The Labute approximate surface area is 103 Å². The molecule has 0 aromatic heterocycles. The molecule has 3 atom stereocenters. The van der Waals surface area contributed by atoms with Crippen LogP contribution in [-0.2, 0) is 0 Å². The number of hydrogen-bond donors (Lipinski definition) is 1. The van der Waals surface area contributed by atoms with E-state index < -0.39 is 0 Å². The summed E-state index contributed by atoms with van der Waals surface area (Å²) >= 11 is 0. The van der Waals surface area contributed by atoms with Gasteiger partial charge in [-0.1, -0.05) is 27.2 Å². The second kappa shape index (κ2) is 8.08. The molecule has 0 heterocycles. The third-order valence-electron chi connectivity index (χ3n) is 3.79. The Morgan fingerprint density at radius 3 is 2.06 bits per heavy atom. The van der Waals surface area contributed by atoms with E-state index in [0.717, 1.165) is 12.5 Å². The van der Waals surface area contributed by atoms with Crippen LogP contribution in [0.2, 0.25) is 0 Å². The molecule has 0 amide bonds. The smallest absolute Gasteiger partial charge is 0.0192 e. The molecule has 0 aliphatic heterocycles. The van der Waals surface area contributed by atoms with Gasteiger partial charge in [0.2, 0.25) is 0 Å². The Balaban J connectivity index is 3.91. The van der Waals surface area contributed by atoms with Crippen molar-refractivity contribution in [1.29, 1.82) is 0 Å². The van der Waals surface area contributed by atoms with Crippen molar-refractivity contribution in [1.82, 2.24) is 10.2 Å². The molecule has 2 heteroatoms. The van der Waals surface area contributed by atoms with E-state index in [9.17, 15) is 0 Å². The monoisotopic (exact) mass is 228 g/mol. The van der Waals surface area contributed by atoms with Gasteiger partial charge in [-0.3, -0.25) is 4.90 Å². The predicted octanol–water partition coefficient (Wildman–Crippen LogP) is 3.13. The van der Waals surface area contributed by atoms with E-state index in [1.54, 1.807) is 0 Å².